The third kappa shape index (κ3) is 3.81. The van der Waals surface area contributed by atoms with Crippen LogP contribution in [0.25, 0.3) is 16.6 Å². The third-order valence-corrected chi connectivity index (χ3v) is 4.05. The number of fused-ring (bicyclic) bond motifs is 1. The molecule has 4 rings (SSSR count). The van der Waals surface area contributed by atoms with Crippen molar-refractivity contribution in [1.82, 2.24) is 19.6 Å². The summed E-state index contributed by atoms with van der Waals surface area (Å²) in [7, 11) is 0. The Bertz CT molecular complexity index is 1070. The Balaban J connectivity index is 1.47. The first-order valence-electron chi connectivity index (χ1n) is 8.50. The summed E-state index contributed by atoms with van der Waals surface area (Å²) in [5.41, 5.74) is 0.802. The van der Waals surface area contributed by atoms with Crippen LogP contribution in [0.5, 0.6) is 0 Å². The highest BCUT2D eigenvalue weighted by molar-refractivity contribution is 5.76. The number of aliphatic hydroxyl groups excluding tert-OH is 1. The molecule has 3 aromatic heterocycles. The highest BCUT2D eigenvalue weighted by atomic mass is 16.5. The summed E-state index contributed by atoms with van der Waals surface area (Å²) in [5.74, 6) is 0.672. The number of furan rings is 1. The molecule has 0 bridgehead atoms. The molecule has 0 radical (unpaired) electrons. The van der Waals surface area contributed by atoms with Crippen molar-refractivity contribution in [3.05, 3.63) is 77.2 Å². The van der Waals surface area contributed by atoms with Gasteiger partial charge in [0.05, 0.1) is 37.4 Å². The van der Waals surface area contributed by atoms with Gasteiger partial charge in [0.25, 0.3) is 5.56 Å². The number of nitrogens with zero attached hydrogens (tertiary/aromatic N) is 4. The molecule has 1 unspecified atom stereocenters. The van der Waals surface area contributed by atoms with E-state index in [1.807, 2.05) is 30.3 Å². The molecule has 1 atom stereocenters. The van der Waals surface area contributed by atoms with Crippen LogP contribution in [0.4, 0.5) is 0 Å². The fraction of sp³-hybridized carbons (Fsp3) is 0.211. The van der Waals surface area contributed by atoms with Gasteiger partial charge in [0.15, 0.2) is 5.52 Å². The van der Waals surface area contributed by atoms with Crippen LogP contribution < -0.4 is 5.56 Å². The predicted molar refractivity (Wildman–Crippen MR) is 97.5 cm³/mol. The lowest BCUT2D eigenvalue weighted by Crippen LogP contribution is -2.31. The molecule has 0 fully saturated rings. The van der Waals surface area contributed by atoms with Crippen LogP contribution in [-0.2, 0) is 17.9 Å². The maximum Gasteiger partial charge on any atom is 0.295 e. The molecule has 0 spiro atoms. The molecule has 0 amide bonds. The standard InChI is InChI=1S/C19H18N4O4/c24-16(12-26-13-17-7-4-8-27-17)11-23-19(25)18-14(9-20-23)10-22(21-18)15-5-2-1-3-6-15/h1-10,16,24H,11-13H2. The molecular weight excluding hydrogens is 348 g/mol. The van der Waals surface area contributed by atoms with E-state index in [0.29, 0.717) is 16.7 Å². The SMILES string of the molecule is O=c1c2nn(-c3ccccc3)cc2cnn1CC(O)COCc1ccco1. The van der Waals surface area contributed by atoms with Crippen molar-refractivity contribution in [3.8, 4) is 5.69 Å². The first kappa shape index (κ1) is 17.2. The van der Waals surface area contributed by atoms with E-state index in [2.05, 4.69) is 10.2 Å². The lowest BCUT2D eigenvalue weighted by molar-refractivity contribution is 0.0126. The molecule has 0 aliphatic rings. The number of ether oxygens (including phenoxy) is 1. The molecule has 3 heterocycles. The van der Waals surface area contributed by atoms with E-state index >= 15 is 0 Å². The topological polar surface area (TPSA) is 95.3 Å². The van der Waals surface area contributed by atoms with Gasteiger partial charge in [0.2, 0.25) is 0 Å². The van der Waals surface area contributed by atoms with Gasteiger partial charge in [0, 0.05) is 11.6 Å². The number of hydrogen-bond donors (Lipinski definition) is 1. The minimum absolute atomic E-state index is 0.0190. The van der Waals surface area contributed by atoms with E-state index in [1.165, 1.54) is 4.68 Å². The smallest absolute Gasteiger partial charge is 0.295 e. The number of aromatic nitrogens is 4. The average Bonchev–Trinajstić information content (AvgIpc) is 3.35. The Morgan fingerprint density at radius 3 is 2.81 bits per heavy atom. The summed E-state index contributed by atoms with van der Waals surface area (Å²) in [5, 5.41) is 19.3. The molecule has 8 nitrogen and oxygen atoms in total. The van der Waals surface area contributed by atoms with Gasteiger partial charge in [-0.25, -0.2) is 9.36 Å². The summed E-state index contributed by atoms with van der Waals surface area (Å²) in [6.45, 7) is 0.337. The van der Waals surface area contributed by atoms with Gasteiger partial charge in [-0.2, -0.15) is 10.2 Å². The molecule has 27 heavy (non-hydrogen) atoms. The van der Waals surface area contributed by atoms with Gasteiger partial charge in [-0.15, -0.1) is 0 Å². The Labute approximate surface area is 154 Å². The zero-order chi connectivity index (χ0) is 18.6. The quantitative estimate of drug-likeness (QED) is 0.535. The molecule has 0 saturated heterocycles. The number of hydrogen-bond acceptors (Lipinski definition) is 6. The number of benzene rings is 1. The van der Waals surface area contributed by atoms with Crippen molar-refractivity contribution >= 4 is 10.9 Å². The summed E-state index contributed by atoms with van der Waals surface area (Å²) < 4.78 is 13.4. The average molecular weight is 366 g/mol. The number of para-hydroxylation sites is 1. The highest BCUT2D eigenvalue weighted by Crippen LogP contribution is 2.12. The van der Waals surface area contributed by atoms with Crippen LogP contribution >= 0.6 is 0 Å². The van der Waals surface area contributed by atoms with E-state index < -0.39 is 6.10 Å². The highest BCUT2D eigenvalue weighted by Gasteiger charge is 2.13. The van der Waals surface area contributed by atoms with Crippen molar-refractivity contribution in [2.45, 2.75) is 19.3 Å². The zero-order valence-corrected chi connectivity index (χ0v) is 14.4. The Hall–Kier alpha value is -3.23. The molecule has 0 saturated carbocycles. The van der Waals surface area contributed by atoms with Gasteiger partial charge in [-0.05, 0) is 24.3 Å². The van der Waals surface area contributed by atoms with Crippen molar-refractivity contribution in [2.24, 2.45) is 0 Å². The maximum atomic E-state index is 12.6. The molecule has 1 N–H and O–H groups in total. The van der Waals surface area contributed by atoms with E-state index in [-0.39, 0.29) is 25.3 Å². The largest absolute Gasteiger partial charge is 0.467 e. The summed E-state index contributed by atoms with van der Waals surface area (Å²) in [6.07, 6.45) is 4.01. The van der Waals surface area contributed by atoms with Crippen molar-refractivity contribution in [3.63, 3.8) is 0 Å². The van der Waals surface area contributed by atoms with Crippen molar-refractivity contribution in [2.75, 3.05) is 6.61 Å². The molecule has 8 heteroatoms. The number of aliphatic hydroxyl groups is 1. The minimum Gasteiger partial charge on any atom is -0.467 e. The van der Waals surface area contributed by atoms with Crippen molar-refractivity contribution < 1.29 is 14.3 Å². The van der Waals surface area contributed by atoms with Gasteiger partial charge in [-0.1, -0.05) is 18.2 Å². The normalized spacial score (nSPS) is 12.5. The first-order valence-corrected chi connectivity index (χ1v) is 8.50. The van der Waals surface area contributed by atoms with Crippen LogP contribution in [0.3, 0.4) is 0 Å². The molecular formula is C19H18N4O4. The Morgan fingerprint density at radius 2 is 2.04 bits per heavy atom. The molecule has 0 aliphatic carbocycles. The lowest BCUT2D eigenvalue weighted by atomic mass is 10.3. The van der Waals surface area contributed by atoms with Gasteiger partial charge in [0.1, 0.15) is 12.4 Å². The van der Waals surface area contributed by atoms with E-state index in [9.17, 15) is 9.90 Å². The second-order valence-corrected chi connectivity index (χ2v) is 6.09. The molecule has 0 aliphatic heterocycles. The maximum absolute atomic E-state index is 12.6. The van der Waals surface area contributed by atoms with Crippen LogP contribution in [0.15, 0.2) is 70.3 Å². The molecule has 1 aromatic carbocycles. The fourth-order valence-electron chi connectivity index (χ4n) is 2.74. The lowest BCUT2D eigenvalue weighted by Gasteiger charge is -2.11. The Kier molecular flexibility index (Phi) is 4.82. The summed E-state index contributed by atoms with van der Waals surface area (Å²) in [4.78, 5) is 12.6. The van der Waals surface area contributed by atoms with Crippen LogP contribution in [0.1, 0.15) is 5.76 Å². The Morgan fingerprint density at radius 1 is 1.19 bits per heavy atom. The molecule has 138 valence electrons. The van der Waals surface area contributed by atoms with E-state index in [0.717, 1.165) is 5.69 Å². The van der Waals surface area contributed by atoms with Crippen molar-refractivity contribution in [1.29, 1.82) is 0 Å². The molecule has 4 aromatic rings. The second kappa shape index (κ2) is 7.56. The van der Waals surface area contributed by atoms with Crippen LogP contribution in [-0.4, -0.2) is 37.4 Å². The summed E-state index contributed by atoms with van der Waals surface area (Å²) >= 11 is 0. The second-order valence-electron chi connectivity index (χ2n) is 6.09. The van der Waals surface area contributed by atoms with Crippen LogP contribution in [0, 0.1) is 0 Å². The number of rotatable bonds is 7. The van der Waals surface area contributed by atoms with E-state index in [1.54, 1.807) is 35.5 Å². The summed E-state index contributed by atoms with van der Waals surface area (Å²) in [6, 6.07) is 13.1. The van der Waals surface area contributed by atoms with Crippen LogP contribution in [0.2, 0.25) is 0 Å². The fourth-order valence-corrected chi connectivity index (χ4v) is 2.74. The monoisotopic (exact) mass is 366 g/mol. The predicted octanol–water partition coefficient (Wildman–Crippen LogP) is 1.75. The zero-order valence-electron chi connectivity index (χ0n) is 14.4. The third-order valence-electron chi connectivity index (χ3n) is 4.05. The van der Waals surface area contributed by atoms with E-state index in [4.69, 9.17) is 9.15 Å². The first-order chi connectivity index (χ1) is 13.2. The van der Waals surface area contributed by atoms with Gasteiger partial charge < -0.3 is 14.3 Å². The van der Waals surface area contributed by atoms with Gasteiger partial charge >= 0.3 is 0 Å². The minimum atomic E-state index is -0.876. The van der Waals surface area contributed by atoms with Gasteiger partial charge in [-0.3, -0.25) is 4.79 Å².